The number of methoxy groups -OCH3 is 1. The highest BCUT2D eigenvalue weighted by atomic mass is 16.5. The molecule has 0 spiro atoms. The Morgan fingerprint density at radius 3 is 2.59 bits per heavy atom. The second-order valence-electron chi connectivity index (χ2n) is 7.72. The van der Waals surface area contributed by atoms with Crippen LogP contribution in [-0.4, -0.2) is 47.1 Å². The normalized spacial score (nSPS) is 19.8. The maximum Gasteiger partial charge on any atom is 0.317 e. The lowest BCUT2D eigenvalue weighted by Gasteiger charge is -2.33. The molecule has 2 heterocycles. The van der Waals surface area contributed by atoms with Crippen molar-refractivity contribution >= 4 is 6.03 Å². The highest BCUT2D eigenvalue weighted by Gasteiger charge is 2.26. The van der Waals surface area contributed by atoms with Crippen LogP contribution in [-0.2, 0) is 0 Å². The summed E-state index contributed by atoms with van der Waals surface area (Å²) in [5.41, 5.74) is 1.97. The first-order chi connectivity index (χ1) is 14.2. The number of hydrogen-bond acceptors (Lipinski definition) is 4. The van der Waals surface area contributed by atoms with Crippen molar-refractivity contribution in [3.05, 3.63) is 54.5 Å². The summed E-state index contributed by atoms with van der Waals surface area (Å²) in [5.74, 6) is 1.99. The van der Waals surface area contributed by atoms with Crippen molar-refractivity contribution in [1.29, 1.82) is 0 Å². The van der Waals surface area contributed by atoms with Crippen LogP contribution in [0.4, 0.5) is 4.79 Å². The summed E-state index contributed by atoms with van der Waals surface area (Å²) in [5, 5.41) is 3.18. The maximum atomic E-state index is 12.6. The van der Waals surface area contributed by atoms with Crippen molar-refractivity contribution in [2.24, 2.45) is 0 Å². The van der Waals surface area contributed by atoms with Crippen LogP contribution in [0.2, 0.25) is 0 Å². The minimum Gasteiger partial charge on any atom is -0.497 e. The van der Waals surface area contributed by atoms with E-state index < -0.39 is 0 Å². The third-order valence-corrected chi connectivity index (χ3v) is 5.80. The van der Waals surface area contributed by atoms with Gasteiger partial charge in [-0.1, -0.05) is 12.2 Å². The number of carbonyl (C=O) groups is 1. The lowest BCUT2D eigenvalue weighted by atomic mass is 9.95. The van der Waals surface area contributed by atoms with Crippen LogP contribution in [0.15, 0.2) is 48.7 Å². The van der Waals surface area contributed by atoms with E-state index in [4.69, 9.17) is 9.72 Å². The van der Waals surface area contributed by atoms with Crippen molar-refractivity contribution in [2.45, 2.75) is 44.1 Å². The van der Waals surface area contributed by atoms with Crippen LogP contribution in [0, 0.1) is 0 Å². The smallest absolute Gasteiger partial charge is 0.317 e. The van der Waals surface area contributed by atoms with Crippen LogP contribution in [0.25, 0.3) is 11.3 Å². The Morgan fingerprint density at radius 1 is 1.10 bits per heavy atom. The van der Waals surface area contributed by atoms with E-state index in [1.807, 2.05) is 41.4 Å². The van der Waals surface area contributed by atoms with Gasteiger partial charge in [0, 0.05) is 36.8 Å². The van der Waals surface area contributed by atoms with Gasteiger partial charge in [-0.05, 0) is 62.4 Å². The zero-order valence-electron chi connectivity index (χ0n) is 16.9. The molecule has 2 aliphatic rings. The average molecular weight is 393 g/mol. The molecule has 1 aromatic heterocycles. The number of carbonyl (C=O) groups excluding carboxylic acids is 1. The van der Waals surface area contributed by atoms with Crippen molar-refractivity contribution in [1.82, 2.24) is 20.2 Å². The Bertz CT molecular complexity index is 857. The number of piperidine rings is 1. The summed E-state index contributed by atoms with van der Waals surface area (Å²) in [6.45, 7) is 1.49. The molecular formula is C23H28N4O2. The van der Waals surface area contributed by atoms with E-state index in [1.54, 1.807) is 7.11 Å². The molecule has 0 radical (unpaired) electrons. The highest BCUT2D eigenvalue weighted by molar-refractivity contribution is 5.74. The minimum absolute atomic E-state index is 0.0663. The Balaban J connectivity index is 1.35. The third-order valence-electron chi connectivity index (χ3n) is 5.80. The molecule has 6 nitrogen and oxygen atoms in total. The van der Waals surface area contributed by atoms with Gasteiger partial charge in [0.05, 0.1) is 12.8 Å². The number of likely N-dealkylation sites (tertiary alicyclic amines) is 1. The molecule has 1 unspecified atom stereocenters. The van der Waals surface area contributed by atoms with Crippen molar-refractivity contribution in [3.63, 3.8) is 0 Å². The van der Waals surface area contributed by atoms with Gasteiger partial charge in [0.1, 0.15) is 11.6 Å². The van der Waals surface area contributed by atoms with E-state index in [0.29, 0.717) is 0 Å². The fourth-order valence-corrected chi connectivity index (χ4v) is 4.02. The molecule has 0 saturated carbocycles. The van der Waals surface area contributed by atoms with Gasteiger partial charge in [0.2, 0.25) is 0 Å². The molecule has 1 saturated heterocycles. The zero-order chi connectivity index (χ0) is 20.1. The second-order valence-corrected chi connectivity index (χ2v) is 7.72. The quantitative estimate of drug-likeness (QED) is 0.794. The maximum absolute atomic E-state index is 12.6. The zero-order valence-corrected chi connectivity index (χ0v) is 16.9. The fraction of sp³-hybridized carbons (Fsp3) is 0.435. The molecule has 1 N–H and O–H groups in total. The molecule has 0 bridgehead atoms. The monoisotopic (exact) mass is 392 g/mol. The summed E-state index contributed by atoms with van der Waals surface area (Å²) in [6, 6.07) is 10.2. The molecule has 2 amide bonds. The van der Waals surface area contributed by atoms with Gasteiger partial charge < -0.3 is 15.0 Å². The predicted molar refractivity (Wildman–Crippen MR) is 113 cm³/mol. The lowest BCUT2D eigenvalue weighted by Crippen LogP contribution is -2.47. The third kappa shape index (κ3) is 4.75. The van der Waals surface area contributed by atoms with E-state index in [9.17, 15) is 4.79 Å². The average Bonchev–Trinajstić information content (AvgIpc) is 2.80. The summed E-state index contributed by atoms with van der Waals surface area (Å²) >= 11 is 0. The standard InChI is InChI=1S/C23H28N4O2/c1-29-20-9-7-17(8-10-20)21-11-14-24-22(26-21)18-12-15-27(16-13-18)23(28)25-19-5-3-2-4-6-19/h2-3,7-11,14,18-19H,4-6,12-13,15-16H2,1H3,(H,25,28). The lowest BCUT2D eigenvalue weighted by molar-refractivity contribution is 0.176. The predicted octanol–water partition coefficient (Wildman–Crippen LogP) is 4.15. The molecule has 1 aromatic carbocycles. The van der Waals surface area contributed by atoms with Crippen LogP contribution < -0.4 is 10.1 Å². The molecule has 1 aliphatic carbocycles. The van der Waals surface area contributed by atoms with Crippen LogP contribution in [0.1, 0.15) is 43.8 Å². The van der Waals surface area contributed by atoms with Gasteiger partial charge >= 0.3 is 6.03 Å². The first-order valence-electron chi connectivity index (χ1n) is 10.4. The Kier molecular flexibility index (Phi) is 6.08. The van der Waals surface area contributed by atoms with E-state index in [-0.39, 0.29) is 18.0 Å². The van der Waals surface area contributed by atoms with Gasteiger partial charge in [-0.3, -0.25) is 0 Å². The van der Waals surface area contributed by atoms with E-state index >= 15 is 0 Å². The fourth-order valence-electron chi connectivity index (χ4n) is 4.02. The van der Waals surface area contributed by atoms with Gasteiger partial charge in [-0.15, -0.1) is 0 Å². The SMILES string of the molecule is COc1ccc(-c2ccnc(C3CCN(C(=O)NC4CC=CCC4)CC3)n2)cc1. The van der Waals surface area contributed by atoms with E-state index in [0.717, 1.165) is 68.0 Å². The molecule has 4 rings (SSSR count). The summed E-state index contributed by atoms with van der Waals surface area (Å²) in [7, 11) is 1.66. The number of benzene rings is 1. The van der Waals surface area contributed by atoms with Crippen molar-refractivity contribution < 1.29 is 9.53 Å². The first-order valence-corrected chi connectivity index (χ1v) is 10.4. The molecular weight excluding hydrogens is 364 g/mol. The molecule has 29 heavy (non-hydrogen) atoms. The molecule has 2 aromatic rings. The molecule has 1 atom stereocenters. The van der Waals surface area contributed by atoms with Crippen LogP contribution >= 0.6 is 0 Å². The largest absolute Gasteiger partial charge is 0.497 e. The van der Waals surface area contributed by atoms with Gasteiger partial charge in [0.15, 0.2) is 0 Å². The van der Waals surface area contributed by atoms with Crippen molar-refractivity contribution in [3.8, 4) is 17.0 Å². The van der Waals surface area contributed by atoms with E-state index in [1.165, 1.54) is 0 Å². The summed E-state index contributed by atoms with van der Waals surface area (Å²) in [4.78, 5) is 23.8. The van der Waals surface area contributed by atoms with Gasteiger partial charge in [-0.25, -0.2) is 14.8 Å². The Morgan fingerprint density at radius 2 is 1.90 bits per heavy atom. The number of nitrogens with zero attached hydrogens (tertiary/aromatic N) is 3. The molecule has 1 aliphatic heterocycles. The minimum atomic E-state index is 0.0663. The van der Waals surface area contributed by atoms with E-state index in [2.05, 4.69) is 22.5 Å². The number of hydrogen-bond donors (Lipinski definition) is 1. The molecule has 6 heteroatoms. The number of aromatic nitrogens is 2. The highest BCUT2D eigenvalue weighted by Crippen LogP contribution is 2.28. The number of allylic oxidation sites excluding steroid dienone is 1. The summed E-state index contributed by atoms with van der Waals surface area (Å²) in [6.07, 6.45) is 11.0. The number of nitrogens with one attached hydrogen (secondary N) is 1. The second kappa shape index (κ2) is 9.07. The molecule has 1 fully saturated rings. The van der Waals surface area contributed by atoms with Gasteiger partial charge in [-0.2, -0.15) is 0 Å². The Hall–Kier alpha value is -2.89. The van der Waals surface area contributed by atoms with Crippen LogP contribution in [0.3, 0.4) is 0 Å². The van der Waals surface area contributed by atoms with Crippen molar-refractivity contribution in [2.75, 3.05) is 20.2 Å². The molecule has 152 valence electrons. The van der Waals surface area contributed by atoms with Gasteiger partial charge in [0.25, 0.3) is 0 Å². The summed E-state index contributed by atoms with van der Waals surface area (Å²) < 4.78 is 5.23. The number of rotatable bonds is 4. The number of amides is 2. The first kappa shape index (κ1) is 19.4. The number of ether oxygens (including phenoxy) is 1. The van der Waals surface area contributed by atoms with Crippen LogP contribution in [0.5, 0.6) is 5.75 Å². The Labute approximate surface area is 172 Å². The topological polar surface area (TPSA) is 67.3 Å². The number of urea groups is 1.